The second-order valence-corrected chi connectivity index (χ2v) is 6.74. The zero-order valence-corrected chi connectivity index (χ0v) is 13.8. The van der Waals surface area contributed by atoms with E-state index in [1.807, 2.05) is 28.0 Å². The molecule has 0 radical (unpaired) electrons. The van der Waals surface area contributed by atoms with Gasteiger partial charge in [-0.3, -0.25) is 19.4 Å². The second-order valence-electron chi connectivity index (χ2n) is 6.74. The van der Waals surface area contributed by atoms with Crippen molar-refractivity contribution in [3.05, 3.63) is 42.7 Å². The summed E-state index contributed by atoms with van der Waals surface area (Å²) in [4.78, 5) is 25.2. The van der Waals surface area contributed by atoms with E-state index in [9.17, 15) is 4.79 Å². The van der Waals surface area contributed by atoms with Crippen molar-refractivity contribution >= 4 is 5.91 Å². The fourth-order valence-electron chi connectivity index (χ4n) is 4.16. The van der Waals surface area contributed by atoms with Crippen LogP contribution in [0.3, 0.4) is 0 Å². The van der Waals surface area contributed by atoms with Crippen LogP contribution >= 0.6 is 0 Å². The third-order valence-corrected chi connectivity index (χ3v) is 5.39. The molecule has 7 nitrogen and oxygen atoms in total. The second kappa shape index (κ2) is 6.32. The van der Waals surface area contributed by atoms with Crippen LogP contribution in [0.2, 0.25) is 0 Å². The third kappa shape index (κ3) is 2.80. The zero-order valence-electron chi connectivity index (χ0n) is 13.8. The molecule has 0 aliphatic carbocycles. The van der Waals surface area contributed by atoms with E-state index in [0.717, 1.165) is 32.5 Å². The number of likely N-dealkylation sites (N-methyl/N-ethyl adjacent to an activating group) is 1. The monoisotopic (exact) mass is 326 g/mol. The standard InChI is InChI=1S/C17H22N6O/c1-21-14(12-23-7-2-4-20-23)9-13-11-22(8-3-16(13)21)17(24)15-10-18-5-6-19-15/h2,4-7,10,13-14,16H,3,8-9,11-12H2,1H3/t13-,14+,16+/m0/s1. The highest BCUT2D eigenvalue weighted by Gasteiger charge is 2.43. The summed E-state index contributed by atoms with van der Waals surface area (Å²) in [5, 5.41) is 4.32. The van der Waals surface area contributed by atoms with Gasteiger partial charge in [-0.2, -0.15) is 5.10 Å². The average molecular weight is 326 g/mol. The van der Waals surface area contributed by atoms with Gasteiger partial charge in [0.15, 0.2) is 0 Å². The first-order valence-corrected chi connectivity index (χ1v) is 8.47. The normalized spacial score (nSPS) is 27.2. The Bertz CT molecular complexity index is 688. The summed E-state index contributed by atoms with van der Waals surface area (Å²) >= 11 is 0. The van der Waals surface area contributed by atoms with Gasteiger partial charge in [-0.05, 0) is 31.9 Å². The van der Waals surface area contributed by atoms with Gasteiger partial charge in [0.1, 0.15) is 5.69 Å². The molecule has 1 amide bonds. The van der Waals surface area contributed by atoms with E-state index in [-0.39, 0.29) is 5.91 Å². The van der Waals surface area contributed by atoms with Gasteiger partial charge in [0.25, 0.3) is 5.91 Å². The fourth-order valence-corrected chi connectivity index (χ4v) is 4.16. The summed E-state index contributed by atoms with van der Waals surface area (Å²) in [5.74, 6) is 0.518. The van der Waals surface area contributed by atoms with Gasteiger partial charge in [-0.25, -0.2) is 4.98 Å². The predicted molar refractivity (Wildman–Crippen MR) is 88.2 cm³/mol. The SMILES string of the molecule is CN1[C@@H](Cn2cccn2)C[C@H]2CN(C(=O)c3cnccn3)CC[C@H]21. The quantitative estimate of drug-likeness (QED) is 0.839. The molecule has 4 rings (SSSR count). The van der Waals surface area contributed by atoms with Gasteiger partial charge in [0.2, 0.25) is 0 Å². The average Bonchev–Trinajstić information content (AvgIpc) is 3.24. The number of aromatic nitrogens is 4. The van der Waals surface area contributed by atoms with Crippen molar-refractivity contribution in [3.8, 4) is 0 Å². The first kappa shape index (κ1) is 15.3. The van der Waals surface area contributed by atoms with Crippen molar-refractivity contribution in [2.75, 3.05) is 20.1 Å². The number of rotatable bonds is 3. The molecule has 2 fully saturated rings. The minimum Gasteiger partial charge on any atom is -0.337 e. The molecule has 126 valence electrons. The van der Waals surface area contributed by atoms with Crippen LogP contribution in [0.5, 0.6) is 0 Å². The molecule has 2 aliphatic rings. The molecule has 2 saturated heterocycles. The Morgan fingerprint density at radius 1 is 1.33 bits per heavy atom. The number of amides is 1. The summed E-state index contributed by atoms with van der Waals surface area (Å²) in [6, 6.07) is 2.99. The maximum Gasteiger partial charge on any atom is 0.274 e. The minimum atomic E-state index is -0.000251. The minimum absolute atomic E-state index is 0.000251. The lowest BCUT2D eigenvalue weighted by Crippen LogP contribution is -2.48. The highest BCUT2D eigenvalue weighted by molar-refractivity contribution is 5.92. The lowest BCUT2D eigenvalue weighted by atomic mass is 9.92. The highest BCUT2D eigenvalue weighted by atomic mass is 16.2. The Morgan fingerprint density at radius 3 is 3.00 bits per heavy atom. The van der Waals surface area contributed by atoms with Crippen LogP contribution in [0.15, 0.2) is 37.1 Å². The van der Waals surface area contributed by atoms with E-state index in [4.69, 9.17) is 0 Å². The molecule has 7 heteroatoms. The number of nitrogens with zero attached hydrogens (tertiary/aromatic N) is 6. The van der Waals surface area contributed by atoms with Crippen LogP contribution in [0.1, 0.15) is 23.3 Å². The van der Waals surface area contributed by atoms with Crippen LogP contribution < -0.4 is 0 Å². The number of likely N-dealkylation sites (tertiary alicyclic amines) is 2. The molecule has 0 saturated carbocycles. The molecule has 3 atom stereocenters. The summed E-state index contributed by atoms with van der Waals surface area (Å²) in [6.07, 6.45) is 10.7. The van der Waals surface area contributed by atoms with Gasteiger partial charge in [0.05, 0.1) is 12.7 Å². The van der Waals surface area contributed by atoms with E-state index in [1.165, 1.54) is 0 Å². The summed E-state index contributed by atoms with van der Waals surface area (Å²) in [5.41, 5.74) is 0.440. The van der Waals surface area contributed by atoms with E-state index in [0.29, 0.717) is 23.7 Å². The van der Waals surface area contributed by atoms with Crippen molar-refractivity contribution in [3.63, 3.8) is 0 Å². The molecular formula is C17H22N6O. The first-order chi connectivity index (χ1) is 11.7. The smallest absolute Gasteiger partial charge is 0.274 e. The number of carbonyl (C=O) groups excluding carboxylic acids is 1. The first-order valence-electron chi connectivity index (χ1n) is 8.47. The molecule has 4 heterocycles. The number of hydrogen-bond donors (Lipinski definition) is 0. The molecule has 2 aliphatic heterocycles. The van der Waals surface area contributed by atoms with Crippen LogP contribution in [0.4, 0.5) is 0 Å². The molecule has 0 aromatic carbocycles. The Morgan fingerprint density at radius 2 is 2.25 bits per heavy atom. The molecule has 24 heavy (non-hydrogen) atoms. The number of fused-ring (bicyclic) bond motifs is 1. The van der Waals surface area contributed by atoms with Crippen LogP contribution in [-0.2, 0) is 6.54 Å². The fraction of sp³-hybridized carbons (Fsp3) is 0.529. The Labute approximate surface area is 141 Å². The number of piperidine rings is 1. The van der Waals surface area contributed by atoms with Crippen molar-refractivity contribution in [1.29, 1.82) is 0 Å². The molecule has 0 N–H and O–H groups in total. The zero-order chi connectivity index (χ0) is 16.5. The lowest BCUT2D eigenvalue weighted by Gasteiger charge is -2.37. The van der Waals surface area contributed by atoms with E-state index in [1.54, 1.807) is 18.6 Å². The molecule has 2 aromatic heterocycles. The maximum atomic E-state index is 12.6. The van der Waals surface area contributed by atoms with Crippen LogP contribution in [-0.4, -0.2) is 67.7 Å². The van der Waals surface area contributed by atoms with E-state index in [2.05, 4.69) is 27.0 Å². The molecular weight excluding hydrogens is 304 g/mol. The van der Waals surface area contributed by atoms with Crippen LogP contribution in [0, 0.1) is 5.92 Å². The highest BCUT2D eigenvalue weighted by Crippen LogP contribution is 2.35. The van der Waals surface area contributed by atoms with Crippen molar-refractivity contribution in [1.82, 2.24) is 29.5 Å². The number of hydrogen-bond acceptors (Lipinski definition) is 5. The number of carbonyl (C=O) groups is 1. The van der Waals surface area contributed by atoms with Gasteiger partial charge in [-0.1, -0.05) is 0 Å². The van der Waals surface area contributed by atoms with E-state index < -0.39 is 0 Å². The Kier molecular flexibility index (Phi) is 4.02. The van der Waals surface area contributed by atoms with Crippen molar-refractivity contribution < 1.29 is 4.79 Å². The molecule has 0 unspecified atom stereocenters. The van der Waals surface area contributed by atoms with E-state index >= 15 is 0 Å². The van der Waals surface area contributed by atoms with Gasteiger partial charge in [-0.15, -0.1) is 0 Å². The van der Waals surface area contributed by atoms with Gasteiger partial charge < -0.3 is 4.90 Å². The summed E-state index contributed by atoms with van der Waals surface area (Å²) in [7, 11) is 2.21. The predicted octanol–water partition coefficient (Wildman–Crippen LogP) is 0.908. The summed E-state index contributed by atoms with van der Waals surface area (Å²) < 4.78 is 2.00. The Hall–Kier alpha value is -2.28. The topological polar surface area (TPSA) is 67.2 Å². The van der Waals surface area contributed by atoms with Crippen molar-refractivity contribution in [2.24, 2.45) is 5.92 Å². The summed E-state index contributed by atoms with van der Waals surface area (Å²) in [6.45, 7) is 2.50. The third-order valence-electron chi connectivity index (χ3n) is 5.39. The van der Waals surface area contributed by atoms with Gasteiger partial charge in [0, 0.05) is 50.0 Å². The van der Waals surface area contributed by atoms with Crippen molar-refractivity contribution in [2.45, 2.75) is 31.5 Å². The molecule has 2 aromatic rings. The Balaban J connectivity index is 1.43. The maximum absolute atomic E-state index is 12.6. The largest absolute Gasteiger partial charge is 0.337 e. The lowest BCUT2D eigenvalue weighted by molar-refractivity contribution is 0.0601. The molecule has 0 bridgehead atoms. The van der Waals surface area contributed by atoms with Crippen LogP contribution in [0.25, 0.3) is 0 Å². The molecule has 0 spiro atoms. The van der Waals surface area contributed by atoms with Gasteiger partial charge >= 0.3 is 0 Å².